The molecule has 1 aliphatic heterocycles. The Labute approximate surface area is 184 Å². The summed E-state index contributed by atoms with van der Waals surface area (Å²) in [5.74, 6) is -1.94. The number of non-ortho nitro benzene ring substituents is 1. The number of nitro groups is 1. The first kappa shape index (κ1) is 22.5. The molecule has 2 aromatic carbocycles. The van der Waals surface area contributed by atoms with Gasteiger partial charge >= 0.3 is 5.97 Å². The summed E-state index contributed by atoms with van der Waals surface area (Å²) >= 11 is 0. The van der Waals surface area contributed by atoms with Gasteiger partial charge in [-0.15, -0.1) is 0 Å². The molecule has 2 aromatic rings. The Balaban J connectivity index is 2.12. The van der Waals surface area contributed by atoms with Crippen molar-refractivity contribution in [1.29, 1.82) is 0 Å². The van der Waals surface area contributed by atoms with Crippen molar-refractivity contribution in [3.05, 3.63) is 86.7 Å². The van der Waals surface area contributed by atoms with Crippen LogP contribution >= 0.6 is 0 Å². The van der Waals surface area contributed by atoms with Crippen LogP contribution in [0.5, 0.6) is 5.75 Å². The Bertz CT molecular complexity index is 1130. The maximum absolute atomic E-state index is 13.3. The van der Waals surface area contributed by atoms with E-state index in [1.165, 1.54) is 42.5 Å². The van der Waals surface area contributed by atoms with Gasteiger partial charge in [-0.1, -0.05) is 12.1 Å². The highest BCUT2D eigenvalue weighted by Crippen LogP contribution is 2.40. The molecule has 1 unspecified atom stereocenters. The second-order valence-electron chi connectivity index (χ2n) is 7.21. The van der Waals surface area contributed by atoms with Crippen LogP contribution in [0, 0.1) is 10.1 Å². The number of esters is 1. The van der Waals surface area contributed by atoms with Gasteiger partial charge in [0, 0.05) is 34.8 Å². The lowest BCUT2D eigenvalue weighted by Crippen LogP contribution is -2.33. The van der Waals surface area contributed by atoms with Gasteiger partial charge < -0.3 is 20.5 Å². The lowest BCUT2D eigenvalue weighted by atomic mass is 9.80. The Kier molecular flexibility index (Phi) is 6.58. The second-order valence-corrected chi connectivity index (χ2v) is 7.21. The average Bonchev–Trinajstić information content (AvgIpc) is 2.74. The van der Waals surface area contributed by atoms with Gasteiger partial charge in [-0.2, -0.15) is 0 Å². The number of benzene rings is 2. The lowest BCUT2D eigenvalue weighted by molar-refractivity contribution is -0.384. The fourth-order valence-corrected chi connectivity index (χ4v) is 3.67. The summed E-state index contributed by atoms with van der Waals surface area (Å²) in [5, 5.41) is 26.6. The summed E-state index contributed by atoms with van der Waals surface area (Å²) in [6, 6.07) is 11.8. The number of ether oxygens (including phenoxy) is 1. The first-order valence-corrected chi connectivity index (χ1v) is 9.93. The van der Waals surface area contributed by atoms with Crippen molar-refractivity contribution in [2.45, 2.75) is 26.7 Å². The Morgan fingerprint density at radius 2 is 1.78 bits per heavy atom. The van der Waals surface area contributed by atoms with Crippen molar-refractivity contribution in [3.63, 3.8) is 0 Å². The molecule has 0 fully saturated rings. The monoisotopic (exact) mass is 437 g/mol. The molecule has 9 heteroatoms. The SMILES string of the molecule is CCOC(=O)C1=C(C)NC(C)=C(C(=O)Nc2ccc(O)cc2)C1c1cccc([N+](=O)[O-])c1. The standard InChI is InChI=1S/C23H23N3O6/c1-4-32-23(29)20-14(3)24-13(2)19(22(28)25-16-8-10-18(27)11-9-16)21(20)15-6-5-7-17(12-15)26(30)31/h5-12,21,24,27H,4H2,1-3H3,(H,25,28). The number of carbonyl (C=O) groups excluding carboxylic acids is 2. The predicted molar refractivity (Wildman–Crippen MR) is 118 cm³/mol. The van der Waals surface area contributed by atoms with Crippen LogP contribution in [-0.2, 0) is 14.3 Å². The number of amides is 1. The number of phenolic OH excluding ortho intramolecular Hbond substituents is 1. The smallest absolute Gasteiger partial charge is 0.336 e. The van der Waals surface area contributed by atoms with Crippen LogP contribution in [-0.4, -0.2) is 28.5 Å². The third-order valence-corrected chi connectivity index (χ3v) is 5.04. The molecule has 1 heterocycles. The van der Waals surface area contributed by atoms with Gasteiger partial charge in [-0.3, -0.25) is 14.9 Å². The van der Waals surface area contributed by atoms with E-state index in [2.05, 4.69) is 10.6 Å². The molecule has 0 spiro atoms. The highest BCUT2D eigenvalue weighted by molar-refractivity contribution is 6.08. The number of dihydropyridines is 1. The number of anilines is 1. The molecule has 0 aromatic heterocycles. The van der Waals surface area contributed by atoms with Crippen LogP contribution in [0.3, 0.4) is 0 Å². The predicted octanol–water partition coefficient (Wildman–Crippen LogP) is 3.74. The number of carbonyl (C=O) groups is 2. The molecule has 0 bridgehead atoms. The molecule has 0 radical (unpaired) electrons. The van der Waals surface area contributed by atoms with E-state index in [4.69, 9.17) is 4.74 Å². The molecule has 32 heavy (non-hydrogen) atoms. The van der Waals surface area contributed by atoms with Gasteiger partial charge in [-0.05, 0) is 50.6 Å². The number of nitro benzene ring substituents is 1. The van der Waals surface area contributed by atoms with E-state index in [0.29, 0.717) is 22.6 Å². The van der Waals surface area contributed by atoms with Crippen molar-refractivity contribution in [3.8, 4) is 5.75 Å². The van der Waals surface area contributed by atoms with Crippen LogP contribution in [0.4, 0.5) is 11.4 Å². The van der Waals surface area contributed by atoms with E-state index in [1.807, 2.05) is 0 Å². The number of nitrogens with one attached hydrogen (secondary N) is 2. The maximum atomic E-state index is 13.3. The van der Waals surface area contributed by atoms with Gasteiger partial charge in [-0.25, -0.2) is 4.79 Å². The molecule has 3 N–H and O–H groups in total. The zero-order valence-corrected chi connectivity index (χ0v) is 17.8. The topological polar surface area (TPSA) is 131 Å². The minimum absolute atomic E-state index is 0.0513. The highest BCUT2D eigenvalue weighted by Gasteiger charge is 2.37. The summed E-state index contributed by atoms with van der Waals surface area (Å²) in [6.45, 7) is 5.19. The van der Waals surface area contributed by atoms with Gasteiger partial charge in [0.25, 0.3) is 11.6 Å². The van der Waals surface area contributed by atoms with Crippen molar-refractivity contribution < 1.29 is 24.4 Å². The molecule has 3 rings (SSSR count). The number of hydrogen-bond donors (Lipinski definition) is 3. The third kappa shape index (κ3) is 4.61. The number of allylic oxidation sites excluding steroid dienone is 2. The first-order valence-electron chi connectivity index (χ1n) is 9.93. The summed E-state index contributed by atoms with van der Waals surface area (Å²) < 4.78 is 5.22. The molecular weight excluding hydrogens is 414 g/mol. The second kappa shape index (κ2) is 9.34. The van der Waals surface area contributed by atoms with Gasteiger partial charge in [0.15, 0.2) is 0 Å². The molecule has 9 nitrogen and oxygen atoms in total. The van der Waals surface area contributed by atoms with E-state index in [-0.39, 0.29) is 29.2 Å². The molecule has 0 saturated carbocycles. The number of hydrogen-bond acceptors (Lipinski definition) is 7. The van der Waals surface area contributed by atoms with Crippen LogP contribution in [0.25, 0.3) is 0 Å². The summed E-state index contributed by atoms with van der Waals surface area (Å²) in [6.07, 6.45) is 0. The summed E-state index contributed by atoms with van der Waals surface area (Å²) in [4.78, 5) is 37.0. The van der Waals surface area contributed by atoms with E-state index < -0.39 is 22.7 Å². The molecule has 166 valence electrons. The first-order chi connectivity index (χ1) is 15.2. The fraction of sp³-hybridized carbons (Fsp3) is 0.217. The maximum Gasteiger partial charge on any atom is 0.336 e. The minimum Gasteiger partial charge on any atom is -0.508 e. The Morgan fingerprint density at radius 1 is 1.12 bits per heavy atom. The molecule has 0 saturated heterocycles. The number of aromatic hydroxyl groups is 1. The minimum atomic E-state index is -0.882. The van der Waals surface area contributed by atoms with Crippen LogP contribution in [0.2, 0.25) is 0 Å². The normalized spacial score (nSPS) is 15.8. The van der Waals surface area contributed by atoms with Gasteiger partial charge in [0.05, 0.1) is 23.0 Å². The van der Waals surface area contributed by atoms with Gasteiger partial charge in [0.2, 0.25) is 0 Å². The van der Waals surface area contributed by atoms with Crippen molar-refractivity contribution in [2.24, 2.45) is 0 Å². The van der Waals surface area contributed by atoms with E-state index in [1.54, 1.807) is 26.8 Å². The fourth-order valence-electron chi connectivity index (χ4n) is 3.67. The zero-order valence-electron chi connectivity index (χ0n) is 17.8. The van der Waals surface area contributed by atoms with E-state index >= 15 is 0 Å². The zero-order chi connectivity index (χ0) is 23.4. The van der Waals surface area contributed by atoms with E-state index in [0.717, 1.165) is 0 Å². The molecule has 1 atom stereocenters. The van der Waals surface area contributed by atoms with E-state index in [9.17, 15) is 24.8 Å². The largest absolute Gasteiger partial charge is 0.508 e. The lowest BCUT2D eigenvalue weighted by Gasteiger charge is -2.31. The average molecular weight is 437 g/mol. The molecule has 0 aliphatic carbocycles. The Hall–Kier alpha value is -4.14. The van der Waals surface area contributed by atoms with Crippen molar-refractivity contribution in [2.75, 3.05) is 11.9 Å². The van der Waals surface area contributed by atoms with Crippen molar-refractivity contribution >= 4 is 23.3 Å². The number of rotatable bonds is 6. The van der Waals surface area contributed by atoms with Crippen LogP contribution < -0.4 is 10.6 Å². The quantitative estimate of drug-likeness (QED) is 0.272. The third-order valence-electron chi connectivity index (χ3n) is 5.04. The summed E-state index contributed by atoms with van der Waals surface area (Å²) in [5.41, 5.74) is 2.13. The number of phenols is 1. The Morgan fingerprint density at radius 3 is 2.41 bits per heavy atom. The van der Waals surface area contributed by atoms with Crippen molar-refractivity contribution in [1.82, 2.24) is 5.32 Å². The van der Waals surface area contributed by atoms with Gasteiger partial charge in [0.1, 0.15) is 5.75 Å². The molecular formula is C23H23N3O6. The van der Waals surface area contributed by atoms with Crippen LogP contribution in [0.1, 0.15) is 32.3 Å². The number of nitrogens with zero attached hydrogens (tertiary/aromatic N) is 1. The molecule has 1 aliphatic rings. The molecule has 1 amide bonds. The van der Waals surface area contributed by atoms with Crippen LogP contribution in [0.15, 0.2) is 71.1 Å². The summed E-state index contributed by atoms with van der Waals surface area (Å²) in [7, 11) is 0. The highest BCUT2D eigenvalue weighted by atomic mass is 16.6.